The summed E-state index contributed by atoms with van der Waals surface area (Å²) >= 11 is 0. The number of carbonyl (C=O) groups excluding carboxylic acids is 1. The lowest BCUT2D eigenvalue weighted by Crippen LogP contribution is -2.50. The maximum absolute atomic E-state index is 14.1. The fourth-order valence-electron chi connectivity index (χ4n) is 6.12. The van der Waals surface area contributed by atoms with Crippen LogP contribution in [0.25, 0.3) is 11.0 Å². The maximum atomic E-state index is 14.1. The number of nitrogens with zero attached hydrogens (tertiary/aromatic N) is 2. The number of hydrogen-bond acceptors (Lipinski definition) is 5. The Morgan fingerprint density at radius 3 is 2.75 bits per heavy atom. The molecule has 2 atom stereocenters. The van der Waals surface area contributed by atoms with Crippen LogP contribution >= 0.6 is 0 Å². The number of nitrogens with one attached hydrogen (secondary N) is 2. The number of fused-ring (bicyclic) bond motifs is 2. The van der Waals surface area contributed by atoms with Gasteiger partial charge in [0.2, 0.25) is 0 Å². The molecule has 40 heavy (non-hydrogen) atoms. The molecule has 0 saturated heterocycles. The number of methoxy groups -OCH3 is 1. The standard InChI is InChI=1S/C32H45FN4O3/c1-22(2)28-25-12-11-24(33)21-23(25)13-14-32(28,40-30(38)34-17-20-39-6)16-19-37(5)18-15-31(3,4)29-35-26-9-7-8-10-27(26)36-29/h7-12,21-22,28H,13-20H2,1-6H3,(H,34,38)(H,35,36)/t28-,32-/m0/s1. The lowest BCUT2D eigenvalue weighted by atomic mass is 9.65. The van der Waals surface area contributed by atoms with E-state index in [1.165, 1.54) is 6.07 Å². The zero-order valence-corrected chi connectivity index (χ0v) is 24.9. The number of aromatic amines is 1. The molecule has 3 aromatic rings. The number of hydrogen-bond donors (Lipinski definition) is 2. The summed E-state index contributed by atoms with van der Waals surface area (Å²) in [7, 11) is 3.73. The molecule has 1 amide bonds. The van der Waals surface area contributed by atoms with E-state index in [2.05, 4.69) is 56.0 Å². The van der Waals surface area contributed by atoms with Crippen molar-refractivity contribution < 1.29 is 18.7 Å². The number of amides is 1. The van der Waals surface area contributed by atoms with Gasteiger partial charge in [-0.25, -0.2) is 14.2 Å². The van der Waals surface area contributed by atoms with E-state index in [1.54, 1.807) is 13.2 Å². The van der Waals surface area contributed by atoms with Gasteiger partial charge in [0.1, 0.15) is 17.2 Å². The first kappa shape index (κ1) is 30.0. The molecule has 0 fully saturated rings. The van der Waals surface area contributed by atoms with Crippen LogP contribution in [0.3, 0.4) is 0 Å². The van der Waals surface area contributed by atoms with E-state index in [1.807, 2.05) is 24.3 Å². The van der Waals surface area contributed by atoms with Gasteiger partial charge in [0.15, 0.2) is 0 Å². The average molecular weight is 553 g/mol. The van der Waals surface area contributed by atoms with Gasteiger partial charge in [0, 0.05) is 38.0 Å². The Kier molecular flexibility index (Phi) is 9.52. The van der Waals surface area contributed by atoms with Crippen LogP contribution in [0.5, 0.6) is 0 Å². The van der Waals surface area contributed by atoms with Crippen molar-refractivity contribution in [1.29, 1.82) is 0 Å². The van der Waals surface area contributed by atoms with E-state index in [9.17, 15) is 9.18 Å². The van der Waals surface area contributed by atoms with Crippen molar-refractivity contribution in [1.82, 2.24) is 20.2 Å². The van der Waals surface area contributed by atoms with E-state index in [4.69, 9.17) is 14.5 Å². The summed E-state index contributed by atoms with van der Waals surface area (Å²) in [6.45, 7) is 11.2. The zero-order valence-electron chi connectivity index (χ0n) is 24.9. The molecule has 1 aliphatic carbocycles. The van der Waals surface area contributed by atoms with Crippen molar-refractivity contribution in [2.45, 2.75) is 70.3 Å². The van der Waals surface area contributed by atoms with E-state index in [0.29, 0.717) is 32.4 Å². The highest BCUT2D eigenvalue weighted by atomic mass is 19.1. The molecule has 0 aliphatic heterocycles. The second kappa shape index (κ2) is 12.7. The molecule has 2 aromatic carbocycles. The first-order valence-electron chi connectivity index (χ1n) is 14.4. The number of benzene rings is 2. The van der Waals surface area contributed by atoms with Gasteiger partial charge < -0.3 is 24.7 Å². The Morgan fingerprint density at radius 1 is 1.25 bits per heavy atom. The molecular weight excluding hydrogens is 507 g/mol. The van der Waals surface area contributed by atoms with Crippen LogP contribution in [0, 0.1) is 11.7 Å². The Bertz CT molecular complexity index is 1260. The predicted octanol–water partition coefficient (Wildman–Crippen LogP) is 6.19. The molecule has 4 rings (SSSR count). The van der Waals surface area contributed by atoms with Crippen molar-refractivity contribution in [2.24, 2.45) is 5.92 Å². The quantitative estimate of drug-likeness (QED) is 0.262. The molecular formula is C32H45FN4O3. The molecule has 1 aliphatic rings. The average Bonchev–Trinajstić information content (AvgIpc) is 3.36. The van der Waals surface area contributed by atoms with Crippen LogP contribution in [0.15, 0.2) is 42.5 Å². The minimum Gasteiger partial charge on any atom is -0.442 e. The third-order valence-electron chi connectivity index (χ3n) is 8.43. The minimum atomic E-state index is -0.696. The van der Waals surface area contributed by atoms with Gasteiger partial charge >= 0.3 is 6.09 Å². The summed E-state index contributed by atoms with van der Waals surface area (Å²) in [6.07, 6.45) is 2.50. The Morgan fingerprint density at radius 2 is 2.02 bits per heavy atom. The van der Waals surface area contributed by atoms with Crippen LogP contribution in [0.4, 0.5) is 9.18 Å². The molecule has 0 saturated carbocycles. The Hall–Kier alpha value is -2.97. The highest BCUT2D eigenvalue weighted by molar-refractivity contribution is 5.75. The van der Waals surface area contributed by atoms with Gasteiger partial charge in [-0.1, -0.05) is 45.9 Å². The maximum Gasteiger partial charge on any atom is 0.407 e. The molecule has 0 radical (unpaired) electrons. The summed E-state index contributed by atoms with van der Waals surface area (Å²) in [6, 6.07) is 13.2. The normalized spacial score (nSPS) is 19.3. The molecule has 0 bridgehead atoms. The number of aromatic nitrogens is 2. The van der Waals surface area contributed by atoms with Gasteiger partial charge in [0.25, 0.3) is 0 Å². The number of carbonyl (C=O) groups is 1. The molecule has 218 valence electrons. The van der Waals surface area contributed by atoms with Gasteiger partial charge in [0.05, 0.1) is 17.6 Å². The number of para-hydroxylation sites is 2. The van der Waals surface area contributed by atoms with Crippen LogP contribution in [0.2, 0.25) is 0 Å². The zero-order chi connectivity index (χ0) is 28.9. The second-order valence-corrected chi connectivity index (χ2v) is 12.2. The number of ether oxygens (including phenoxy) is 2. The number of aryl methyl sites for hydroxylation is 1. The molecule has 1 aromatic heterocycles. The van der Waals surface area contributed by atoms with Gasteiger partial charge in [-0.15, -0.1) is 0 Å². The smallest absolute Gasteiger partial charge is 0.407 e. The first-order valence-corrected chi connectivity index (χ1v) is 14.4. The van der Waals surface area contributed by atoms with Gasteiger partial charge in [-0.3, -0.25) is 0 Å². The highest BCUT2D eigenvalue weighted by Gasteiger charge is 2.48. The number of alkyl carbamates (subject to hydrolysis) is 1. The summed E-state index contributed by atoms with van der Waals surface area (Å²) in [5.74, 6) is 0.934. The summed E-state index contributed by atoms with van der Waals surface area (Å²) in [5, 5.41) is 2.84. The van der Waals surface area contributed by atoms with E-state index in [-0.39, 0.29) is 23.1 Å². The van der Waals surface area contributed by atoms with Gasteiger partial charge in [-0.05, 0) is 74.2 Å². The van der Waals surface area contributed by atoms with Crippen molar-refractivity contribution in [3.63, 3.8) is 0 Å². The highest BCUT2D eigenvalue weighted by Crippen LogP contribution is 2.48. The topological polar surface area (TPSA) is 79.5 Å². The number of imidazole rings is 1. The Labute approximate surface area is 237 Å². The molecule has 7 nitrogen and oxygen atoms in total. The van der Waals surface area contributed by atoms with Crippen LogP contribution in [-0.4, -0.2) is 67.0 Å². The van der Waals surface area contributed by atoms with Crippen molar-refractivity contribution in [3.8, 4) is 0 Å². The molecule has 1 heterocycles. The fourth-order valence-corrected chi connectivity index (χ4v) is 6.12. The van der Waals surface area contributed by atoms with Crippen LogP contribution in [-0.2, 0) is 21.3 Å². The molecule has 0 spiro atoms. The van der Waals surface area contributed by atoms with E-state index >= 15 is 0 Å². The Balaban J connectivity index is 1.49. The third kappa shape index (κ3) is 6.84. The predicted molar refractivity (Wildman–Crippen MR) is 157 cm³/mol. The van der Waals surface area contributed by atoms with Crippen molar-refractivity contribution >= 4 is 17.1 Å². The van der Waals surface area contributed by atoms with Crippen molar-refractivity contribution in [2.75, 3.05) is 40.4 Å². The lowest BCUT2D eigenvalue weighted by molar-refractivity contribution is -0.0447. The van der Waals surface area contributed by atoms with Gasteiger partial charge in [-0.2, -0.15) is 0 Å². The molecule has 0 unspecified atom stereocenters. The van der Waals surface area contributed by atoms with E-state index in [0.717, 1.165) is 47.5 Å². The summed E-state index contributed by atoms with van der Waals surface area (Å²) in [4.78, 5) is 23.6. The number of H-pyrrole nitrogens is 1. The number of halogens is 1. The summed E-state index contributed by atoms with van der Waals surface area (Å²) in [5.41, 5.74) is 3.31. The largest absolute Gasteiger partial charge is 0.442 e. The third-order valence-corrected chi connectivity index (χ3v) is 8.43. The van der Waals surface area contributed by atoms with Crippen molar-refractivity contribution in [3.05, 3.63) is 65.2 Å². The molecule has 2 N–H and O–H groups in total. The fraction of sp³-hybridized carbons (Fsp3) is 0.562. The second-order valence-electron chi connectivity index (χ2n) is 12.2. The minimum absolute atomic E-state index is 0.0367. The van der Waals surface area contributed by atoms with E-state index < -0.39 is 11.7 Å². The van der Waals surface area contributed by atoms with Crippen LogP contribution in [0.1, 0.15) is 69.8 Å². The SMILES string of the molecule is COCCNC(=O)O[C@]1(CCN(C)CCC(C)(C)c2nc3ccccc3[nH]2)CCc2cc(F)ccc2[C@@H]1C(C)C. The monoisotopic (exact) mass is 552 g/mol. The lowest BCUT2D eigenvalue weighted by Gasteiger charge is -2.47. The molecule has 8 heteroatoms. The summed E-state index contributed by atoms with van der Waals surface area (Å²) < 4.78 is 25.5. The van der Waals surface area contributed by atoms with Crippen LogP contribution < -0.4 is 5.32 Å². The first-order chi connectivity index (χ1) is 19.0. The number of rotatable bonds is 12.